The van der Waals surface area contributed by atoms with Gasteiger partial charge in [0.15, 0.2) is 9.84 Å². The quantitative estimate of drug-likeness (QED) is 0.754. The molecule has 0 saturated carbocycles. The zero-order chi connectivity index (χ0) is 12.3. The molecular weight excluding hydrogens is 222 g/mol. The Labute approximate surface area is 97.3 Å². The number of hydrogen-bond acceptors (Lipinski definition) is 3. The van der Waals surface area contributed by atoms with Crippen LogP contribution in [0.3, 0.4) is 0 Å². The second kappa shape index (κ2) is 4.70. The lowest BCUT2D eigenvalue weighted by Crippen LogP contribution is -2.12. The Morgan fingerprint density at radius 3 is 2.50 bits per heavy atom. The van der Waals surface area contributed by atoms with Gasteiger partial charge in [-0.05, 0) is 24.6 Å². The Balaban J connectivity index is 3.32. The first-order valence-corrected chi connectivity index (χ1v) is 6.65. The van der Waals surface area contributed by atoms with Crippen molar-refractivity contribution in [2.24, 2.45) is 0 Å². The van der Waals surface area contributed by atoms with E-state index in [1.807, 2.05) is 31.1 Å². The highest BCUT2D eigenvalue weighted by molar-refractivity contribution is 7.91. The van der Waals surface area contributed by atoms with Crippen LogP contribution in [-0.2, 0) is 9.84 Å². The Morgan fingerprint density at radius 2 is 2.00 bits per heavy atom. The van der Waals surface area contributed by atoms with Gasteiger partial charge in [0.05, 0.1) is 10.6 Å². The van der Waals surface area contributed by atoms with Gasteiger partial charge in [0.2, 0.25) is 0 Å². The fraction of sp³-hybridized carbons (Fsp3) is 0.333. The average molecular weight is 239 g/mol. The standard InChI is InChI=1S/C12H17NO2S/c1-5-8-16(14,15)12-9-11(13(3)4)7-6-10(12)2/h5-7,9H,1,8H2,2-4H3. The van der Waals surface area contributed by atoms with E-state index >= 15 is 0 Å². The van der Waals surface area contributed by atoms with Crippen LogP contribution in [0, 0.1) is 6.92 Å². The molecule has 88 valence electrons. The normalized spacial score (nSPS) is 11.2. The first-order chi connectivity index (χ1) is 7.38. The SMILES string of the molecule is C=CCS(=O)(=O)c1cc(N(C)C)ccc1C. The molecular formula is C12H17NO2S. The van der Waals surface area contributed by atoms with E-state index in [0.29, 0.717) is 4.90 Å². The van der Waals surface area contributed by atoms with Crippen molar-refractivity contribution in [1.29, 1.82) is 0 Å². The summed E-state index contributed by atoms with van der Waals surface area (Å²) in [5.41, 5.74) is 1.65. The van der Waals surface area contributed by atoms with Gasteiger partial charge in [-0.15, -0.1) is 6.58 Å². The molecule has 0 N–H and O–H groups in total. The van der Waals surface area contributed by atoms with Crippen LogP contribution in [0.5, 0.6) is 0 Å². The molecule has 0 radical (unpaired) electrons. The van der Waals surface area contributed by atoms with Crippen LogP contribution >= 0.6 is 0 Å². The third-order valence-corrected chi connectivity index (χ3v) is 4.14. The van der Waals surface area contributed by atoms with E-state index < -0.39 is 9.84 Å². The molecule has 0 heterocycles. The molecule has 0 spiro atoms. The summed E-state index contributed by atoms with van der Waals surface area (Å²) >= 11 is 0. The maximum absolute atomic E-state index is 11.9. The van der Waals surface area contributed by atoms with Crippen LogP contribution in [0.15, 0.2) is 35.7 Å². The molecule has 0 aliphatic heterocycles. The molecule has 0 amide bonds. The number of aryl methyl sites for hydroxylation is 1. The first-order valence-electron chi connectivity index (χ1n) is 5.00. The van der Waals surface area contributed by atoms with Crippen LogP contribution < -0.4 is 4.90 Å². The summed E-state index contributed by atoms with van der Waals surface area (Å²) in [5.74, 6) is -0.0231. The van der Waals surface area contributed by atoms with Gasteiger partial charge in [0, 0.05) is 19.8 Å². The van der Waals surface area contributed by atoms with Gasteiger partial charge < -0.3 is 4.90 Å². The van der Waals surface area contributed by atoms with Gasteiger partial charge in [0.25, 0.3) is 0 Å². The summed E-state index contributed by atoms with van der Waals surface area (Å²) in [6.07, 6.45) is 1.41. The molecule has 16 heavy (non-hydrogen) atoms. The highest BCUT2D eigenvalue weighted by atomic mass is 32.2. The number of rotatable bonds is 4. The fourth-order valence-electron chi connectivity index (χ4n) is 1.45. The zero-order valence-electron chi connectivity index (χ0n) is 9.90. The van der Waals surface area contributed by atoms with Crippen molar-refractivity contribution in [3.8, 4) is 0 Å². The van der Waals surface area contributed by atoms with Crippen molar-refractivity contribution < 1.29 is 8.42 Å². The van der Waals surface area contributed by atoms with E-state index in [1.54, 1.807) is 13.0 Å². The van der Waals surface area contributed by atoms with Gasteiger partial charge >= 0.3 is 0 Å². The van der Waals surface area contributed by atoms with Gasteiger partial charge in [-0.3, -0.25) is 0 Å². The highest BCUT2D eigenvalue weighted by Crippen LogP contribution is 2.22. The minimum absolute atomic E-state index is 0.0231. The molecule has 0 bridgehead atoms. The minimum atomic E-state index is -3.24. The van der Waals surface area contributed by atoms with E-state index in [0.717, 1.165) is 11.3 Å². The predicted octanol–water partition coefficient (Wildman–Crippen LogP) is 2.02. The van der Waals surface area contributed by atoms with Crippen molar-refractivity contribution in [3.05, 3.63) is 36.4 Å². The van der Waals surface area contributed by atoms with Gasteiger partial charge in [-0.1, -0.05) is 12.1 Å². The van der Waals surface area contributed by atoms with Crippen LogP contribution in [0.1, 0.15) is 5.56 Å². The number of benzene rings is 1. The lowest BCUT2D eigenvalue weighted by Gasteiger charge is -2.15. The number of nitrogens with zero attached hydrogens (tertiary/aromatic N) is 1. The lowest BCUT2D eigenvalue weighted by atomic mass is 10.2. The van der Waals surface area contributed by atoms with Crippen molar-refractivity contribution in [3.63, 3.8) is 0 Å². The summed E-state index contributed by atoms with van der Waals surface area (Å²) in [6.45, 7) is 5.27. The molecule has 0 saturated heterocycles. The number of sulfone groups is 1. The molecule has 0 atom stereocenters. The molecule has 1 aromatic rings. The van der Waals surface area contributed by atoms with Gasteiger partial charge in [-0.2, -0.15) is 0 Å². The van der Waals surface area contributed by atoms with Crippen LogP contribution in [-0.4, -0.2) is 28.3 Å². The lowest BCUT2D eigenvalue weighted by molar-refractivity contribution is 0.598. The number of hydrogen-bond donors (Lipinski definition) is 0. The summed E-state index contributed by atoms with van der Waals surface area (Å²) in [5, 5.41) is 0. The molecule has 0 fully saturated rings. The Bertz CT molecular complexity index is 490. The van der Waals surface area contributed by atoms with Crippen molar-refractivity contribution in [1.82, 2.24) is 0 Å². The minimum Gasteiger partial charge on any atom is -0.378 e. The van der Waals surface area contributed by atoms with Crippen LogP contribution in [0.4, 0.5) is 5.69 Å². The highest BCUT2D eigenvalue weighted by Gasteiger charge is 2.16. The molecule has 0 aromatic heterocycles. The molecule has 4 heteroatoms. The van der Waals surface area contributed by atoms with Crippen LogP contribution in [0.25, 0.3) is 0 Å². The molecule has 1 aromatic carbocycles. The molecule has 0 aliphatic carbocycles. The van der Waals surface area contributed by atoms with Crippen molar-refractivity contribution in [2.45, 2.75) is 11.8 Å². The average Bonchev–Trinajstić information content (AvgIpc) is 2.17. The Morgan fingerprint density at radius 1 is 1.38 bits per heavy atom. The maximum Gasteiger partial charge on any atom is 0.182 e. The molecule has 0 unspecified atom stereocenters. The smallest absolute Gasteiger partial charge is 0.182 e. The van der Waals surface area contributed by atoms with E-state index in [1.165, 1.54) is 6.08 Å². The topological polar surface area (TPSA) is 37.4 Å². The maximum atomic E-state index is 11.9. The van der Waals surface area contributed by atoms with Gasteiger partial charge in [0.1, 0.15) is 0 Å². The summed E-state index contributed by atoms with van der Waals surface area (Å²) in [7, 11) is 0.525. The molecule has 3 nitrogen and oxygen atoms in total. The first kappa shape index (κ1) is 12.8. The Kier molecular flexibility index (Phi) is 3.75. The monoisotopic (exact) mass is 239 g/mol. The summed E-state index contributed by atoms with van der Waals surface area (Å²) in [4.78, 5) is 2.27. The van der Waals surface area contributed by atoms with Crippen LogP contribution in [0.2, 0.25) is 0 Å². The largest absolute Gasteiger partial charge is 0.378 e. The number of anilines is 1. The summed E-state index contributed by atoms with van der Waals surface area (Å²) < 4.78 is 23.9. The Hall–Kier alpha value is -1.29. The predicted molar refractivity (Wildman–Crippen MR) is 67.8 cm³/mol. The van der Waals surface area contributed by atoms with E-state index in [4.69, 9.17) is 0 Å². The molecule has 0 aliphatic rings. The summed E-state index contributed by atoms with van der Waals surface area (Å²) in [6, 6.07) is 5.43. The second-order valence-corrected chi connectivity index (χ2v) is 5.92. The fourth-order valence-corrected chi connectivity index (χ4v) is 2.80. The third-order valence-electron chi connectivity index (χ3n) is 2.36. The van der Waals surface area contributed by atoms with E-state index in [2.05, 4.69) is 6.58 Å². The second-order valence-electron chi connectivity index (χ2n) is 3.91. The van der Waals surface area contributed by atoms with E-state index in [-0.39, 0.29) is 5.75 Å². The van der Waals surface area contributed by atoms with Crippen molar-refractivity contribution in [2.75, 3.05) is 24.7 Å². The zero-order valence-corrected chi connectivity index (χ0v) is 10.7. The molecule has 1 rings (SSSR count). The third kappa shape index (κ3) is 2.64. The van der Waals surface area contributed by atoms with Crippen molar-refractivity contribution >= 4 is 15.5 Å². The van der Waals surface area contributed by atoms with Gasteiger partial charge in [-0.25, -0.2) is 8.42 Å². The van der Waals surface area contributed by atoms with E-state index in [9.17, 15) is 8.42 Å².